The van der Waals surface area contributed by atoms with Gasteiger partial charge in [0.05, 0.1) is 0 Å². The SMILES string of the molecule is c1cccc2ccccc2c2c(cc1)C2. The Morgan fingerprint density at radius 3 is 2.20 bits per heavy atom. The fourth-order valence-electron chi connectivity index (χ4n) is 1.95. The third kappa shape index (κ3) is 1.59. The number of benzene rings is 1. The lowest BCUT2D eigenvalue weighted by atomic mass is 10.1. The van der Waals surface area contributed by atoms with E-state index in [2.05, 4.69) is 60.7 Å². The Hall–Kier alpha value is -1.82. The van der Waals surface area contributed by atoms with Crippen LogP contribution in [0.2, 0.25) is 0 Å². The van der Waals surface area contributed by atoms with Gasteiger partial charge in [0.2, 0.25) is 0 Å². The van der Waals surface area contributed by atoms with Gasteiger partial charge in [-0.2, -0.15) is 0 Å². The maximum Gasteiger partial charge on any atom is -0.00137 e. The summed E-state index contributed by atoms with van der Waals surface area (Å²) in [6.07, 6.45) is 1.15. The highest BCUT2D eigenvalue weighted by molar-refractivity contribution is 5.88. The van der Waals surface area contributed by atoms with Crippen molar-refractivity contribution in [3.8, 4) is 0 Å². The van der Waals surface area contributed by atoms with Gasteiger partial charge >= 0.3 is 0 Å². The van der Waals surface area contributed by atoms with Gasteiger partial charge in [0.15, 0.2) is 0 Å². The first-order valence-corrected chi connectivity index (χ1v) is 5.28. The molecular formula is C15H12. The minimum Gasteiger partial charge on any atom is -0.0623 e. The van der Waals surface area contributed by atoms with Gasteiger partial charge in [-0.25, -0.2) is 0 Å². The van der Waals surface area contributed by atoms with Crippen LogP contribution in [-0.2, 0) is 6.42 Å². The number of rotatable bonds is 0. The van der Waals surface area contributed by atoms with Crippen LogP contribution in [0.4, 0.5) is 0 Å². The van der Waals surface area contributed by atoms with Crippen LogP contribution >= 0.6 is 0 Å². The van der Waals surface area contributed by atoms with Crippen LogP contribution in [0, 0.1) is 0 Å². The van der Waals surface area contributed by atoms with Crippen LogP contribution in [0.1, 0.15) is 11.1 Å². The average Bonchev–Trinajstić information content (AvgIpc) is 3.04. The average molecular weight is 192 g/mol. The van der Waals surface area contributed by atoms with Crippen molar-refractivity contribution < 1.29 is 0 Å². The Morgan fingerprint density at radius 2 is 1.33 bits per heavy atom. The molecule has 0 saturated carbocycles. The Bertz CT molecular complexity index is 566. The summed E-state index contributed by atoms with van der Waals surface area (Å²) in [6.45, 7) is 0. The van der Waals surface area contributed by atoms with Crippen molar-refractivity contribution in [1.82, 2.24) is 0 Å². The summed E-state index contributed by atoms with van der Waals surface area (Å²) >= 11 is 0. The summed E-state index contributed by atoms with van der Waals surface area (Å²) in [5.41, 5.74) is 2.98. The molecule has 0 radical (unpaired) electrons. The van der Waals surface area contributed by atoms with Crippen molar-refractivity contribution in [2.45, 2.75) is 6.42 Å². The molecule has 0 N–H and O–H groups in total. The normalized spacial score (nSPS) is 11.7. The van der Waals surface area contributed by atoms with Gasteiger partial charge in [-0.3, -0.25) is 0 Å². The number of hydrogen-bond donors (Lipinski definition) is 0. The number of fused-ring (bicyclic) bond motifs is 3. The molecule has 1 aliphatic rings. The summed E-state index contributed by atoms with van der Waals surface area (Å²) in [7, 11) is 0. The number of hydrogen-bond acceptors (Lipinski definition) is 0. The molecule has 0 unspecified atom stereocenters. The second-order valence-corrected chi connectivity index (χ2v) is 3.87. The van der Waals surface area contributed by atoms with Crippen LogP contribution in [0.15, 0.2) is 60.7 Å². The molecule has 0 bridgehead atoms. The summed E-state index contributed by atoms with van der Waals surface area (Å²) in [5, 5.41) is 2.71. The van der Waals surface area contributed by atoms with E-state index in [0.29, 0.717) is 0 Å². The van der Waals surface area contributed by atoms with Crippen molar-refractivity contribution in [1.29, 1.82) is 0 Å². The molecule has 0 fully saturated rings. The van der Waals surface area contributed by atoms with Crippen molar-refractivity contribution in [3.63, 3.8) is 0 Å². The first-order valence-electron chi connectivity index (χ1n) is 5.28. The van der Waals surface area contributed by atoms with Gasteiger partial charge in [-0.05, 0) is 28.3 Å². The Balaban J connectivity index is 2.43. The molecule has 72 valence electrons. The van der Waals surface area contributed by atoms with Crippen molar-refractivity contribution >= 4 is 10.8 Å². The Kier molecular flexibility index (Phi) is 1.92. The summed E-state index contributed by atoms with van der Waals surface area (Å²) in [4.78, 5) is 0. The zero-order chi connectivity index (χ0) is 10.1. The van der Waals surface area contributed by atoms with E-state index in [1.165, 1.54) is 21.9 Å². The largest absolute Gasteiger partial charge is 0.0623 e. The molecule has 1 aliphatic carbocycles. The van der Waals surface area contributed by atoms with E-state index in [1.54, 1.807) is 0 Å². The quantitative estimate of drug-likeness (QED) is 0.507. The first kappa shape index (κ1) is 8.49. The molecule has 3 rings (SSSR count). The molecule has 0 aromatic heterocycles. The van der Waals surface area contributed by atoms with Crippen LogP contribution in [0.3, 0.4) is 0 Å². The summed E-state index contributed by atoms with van der Waals surface area (Å²) in [6, 6.07) is 21.3. The lowest BCUT2D eigenvalue weighted by molar-refractivity contribution is 1.60. The zero-order valence-electron chi connectivity index (χ0n) is 8.48. The summed E-state index contributed by atoms with van der Waals surface area (Å²) < 4.78 is 0. The van der Waals surface area contributed by atoms with Gasteiger partial charge in [0, 0.05) is 0 Å². The third-order valence-corrected chi connectivity index (χ3v) is 2.82. The van der Waals surface area contributed by atoms with Gasteiger partial charge in [-0.1, -0.05) is 60.7 Å². The molecule has 2 aromatic rings. The van der Waals surface area contributed by atoms with Crippen LogP contribution in [0.5, 0.6) is 0 Å². The fourth-order valence-corrected chi connectivity index (χ4v) is 1.95. The first-order chi connectivity index (χ1) is 7.45. The van der Waals surface area contributed by atoms with Crippen LogP contribution < -0.4 is 0 Å². The predicted molar refractivity (Wildman–Crippen MR) is 64.4 cm³/mol. The summed E-state index contributed by atoms with van der Waals surface area (Å²) in [5.74, 6) is 0. The maximum absolute atomic E-state index is 2.21. The van der Waals surface area contributed by atoms with E-state index < -0.39 is 0 Å². The minimum absolute atomic E-state index is 1.15. The maximum atomic E-state index is 2.21. The monoisotopic (exact) mass is 192 g/mol. The van der Waals surface area contributed by atoms with Gasteiger partial charge in [0.25, 0.3) is 0 Å². The zero-order valence-corrected chi connectivity index (χ0v) is 8.48. The second-order valence-electron chi connectivity index (χ2n) is 3.87. The van der Waals surface area contributed by atoms with Gasteiger partial charge in [-0.15, -0.1) is 0 Å². The molecule has 2 aromatic carbocycles. The molecule has 0 heteroatoms. The fraction of sp³-hybridized carbons (Fsp3) is 0.0667. The van der Waals surface area contributed by atoms with E-state index in [4.69, 9.17) is 0 Å². The molecule has 0 amide bonds. The third-order valence-electron chi connectivity index (χ3n) is 2.82. The molecule has 0 atom stereocenters. The highest BCUT2D eigenvalue weighted by Gasteiger charge is 2.15. The van der Waals surface area contributed by atoms with Gasteiger partial charge < -0.3 is 0 Å². The Morgan fingerprint density at radius 1 is 0.667 bits per heavy atom. The van der Waals surface area contributed by atoms with Crippen molar-refractivity contribution in [2.75, 3.05) is 0 Å². The van der Waals surface area contributed by atoms with Crippen LogP contribution in [-0.4, -0.2) is 0 Å². The molecule has 0 spiro atoms. The van der Waals surface area contributed by atoms with E-state index in [9.17, 15) is 0 Å². The smallest absolute Gasteiger partial charge is 0.00137 e. The highest BCUT2D eigenvalue weighted by atomic mass is 14.2. The second kappa shape index (κ2) is 3.39. The predicted octanol–water partition coefficient (Wildman–Crippen LogP) is 3.87. The molecule has 0 aliphatic heterocycles. The lowest BCUT2D eigenvalue weighted by Crippen LogP contribution is -1.66. The highest BCUT2D eigenvalue weighted by Crippen LogP contribution is 2.31. The molecule has 0 heterocycles. The molecule has 0 saturated heterocycles. The van der Waals surface area contributed by atoms with Gasteiger partial charge in [0.1, 0.15) is 0 Å². The van der Waals surface area contributed by atoms with E-state index >= 15 is 0 Å². The Labute approximate surface area is 89.5 Å². The van der Waals surface area contributed by atoms with Crippen molar-refractivity contribution in [2.24, 2.45) is 0 Å². The minimum atomic E-state index is 1.15. The topological polar surface area (TPSA) is 0 Å². The lowest BCUT2D eigenvalue weighted by Gasteiger charge is -1.90. The standard InChI is InChI=1S/C15H12/c1-2-4-9-13-11-15(13)14-10-6-5-8-12(14)7-3-1/h1-10H,11H2. The van der Waals surface area contributed by atoms with E-state index in [0.717, 1.165) is 6.42 Å². The van der Waals surface area contributed by atoms with Crippen LogP contribution in [0.25, 0.3) is 10.8 Å². The molecule has 15 heavy (non-hydrogen) atoms. The van der Waals surface area contributed by atoms with Crippen molar-refractivity contribution in [3.05, 3.63) is 71.8 Å². The molecular weight excluding hydrogens is 180 g/mol. The molecule has 0 nitrogen and oxygen atoms in total. The van der Waals surface area contributed by atoms with E-state index in [-0.39, 0.29) is 0 Å². The van der Waals surface area contributed by atoms with E-state index in [1.807, 2.05) is 0 Å².